The lowest BCUT2D eigenvalue weighted by Crippen LogP contribution is -2.23. The third kappa shape index (κ3) is 3.00. The Morgan fingerprint density at radius 1 is 1.25 bits per heavy atom. The fourth-order valence-corrected chi connectivity index (χ4v) is 1.74. The summed E-state index contributed by atoms with van der Waals surface area (Å²) in [4.78, 5) is 16.4. The number of anilines is 1. The Kier molecular flexibility index (Phi) is 3.36. The Bertz CT molecular complexity index is 669. The van der Waals surface area contributed by atoms with Gasteiger partial charge in [0.1, 0.15) is 0 Å². The fraction of sp³-hybridized carbons (Fsp3) is 0.643. The van der Waals surface area contributed by atoms with Gasteiger partial charge in [0, 0.05) is 18.2 Å². The topological polar surface area (TPSA) is 75.1 Å². The molecule has 0 spiro atoms. The smallest absolute Gasteiger partial charge is 0.347 e. The number of rotatable bonds is 2. The van der Waals surface area contributed by atoms with Crippen LogP contribution in [-0.2, 0) is 5.41 Å². The van der Waals surface area contributed by atoms with E-state index in [0.29, 0.717) is 11.5 Å². The lowest BCUT2D eigenvalue weighted by atomic mass is 9.92. The number of nitrogens with one attached hydrogen (secondary N) is 2. The van der Waals surface area contributed by atoms with Crippen LogP contribution in [-0.4, -0.2) is 26.1 Å². The fourth-order valence-electron chi connectivity index (χ4n) is 1.74. The van der Waals surface area contributed by atoms with Crippen LogP contribution in [0.4, 0.5) is 5.82 Å². The molecule has 0 saturated heterocycles. The second-order valence-electron chi connectivity index (χ2n) is 7.36. The lowest BCUT2D eigenvalue weighted by molar-refractivity contribution is 0.442. The summed E-state index contributed by atoms with van der Waals surface area (Å²) in [6.07, 6.45) is 1.75. The molecule has 0 atom stereocenters. The molecule has 0 aliphatic rings. The van der Waals surface area contributed by atoms with Gasteiger partial charge in [0.15, 0.2) is 5.82 Å². The van der Waals surface area contributed by atoms with Gasteiger partial charge in [-0.2, -0.15) is 0 Å². The monoisotopic (exact) mass is 277 g/mol. The molecule has 0 unspecified atom stereocenters. The zero-order chi connectivity index (χ0) is 15.1. The molecule has 20 heavy (non-hydrogen) atoms. The van der Waals surface area contributed by atoms with E-state index in [1.165, 1.54) is 4.40 Å². The van der Waals surface area contributed by atoms with Crippen LogP contribution in [0, 0.1) is 5.41 Å². The third-order valence-corrected chi connectivity index (χ3v) is 2.95. The van der Waals surface area contributed by atoms with E-state index < -0.39 is 0 Å². The van der Waals surface area contributed by atoms with Gasteiger partial charge >= 0.3 is 5.69 Å². The standard InChI is InChI=1S/C14H23N5O/c1-13(2,3)8-15-10-11-17-18-12(20)19(11)7-9(16-10)14(4,5)6/h7H,8H2,1-6H3,(H,15,16)(H,18,20). The van der Waals surface area contributed by atoms with E-state index in [2.05, 4.69) is 62.0 Å². The highest BCUT2D eigenvalue weighted by atomic mass is 16.1. The van der Waals surface area contributed by atoms with E-state index >= 15 is 0 Å². The Labute approximate surface area is 118 Å². The van der Waals surface area contributed by atoms with Crippen molar-refractivity contribution in [2.45, 2.75) is 47.0 Å². The number of hydrogen-bond acceptors (Lipinski definition) is 4. The summed E-state index contributed by atoms with van der Waals surface area (Å²) in [5.74, 6) is 0.644. The normalized spacial score (nSPS) is 12.9. The first-order valence-corrected chi connectivity index (χ1v) is 6.80. The van der Waals surface area contributed by atoms with Crippen LogP contribution in [0.5, 0.6) is 0 Å². The van der Waals surface area contributed by atoms with Crippen molar-refractivity contribution in [1.82, 2.24) is 19.6 Å². The summed E-state index contributed by atoms with van der Waals surface area (Å²) in [5.41, 5.74) is 1.12. The molecular formula is C14H23N5O. The largest absolute Gasteiger partial charge is 0.366 e. The predicted octanol–water partition coefficient (Wildman–Crippen LogP) is 2.17. The third-order valence-electron chi connectivity index (χ3n) is 2.95. The van der Waals surface area contributed by atoms with Gasteiger partial charge in [-0.15, -0.1) is 5.10 Å². The zero-order valence-electron chi connectivity index (χ0n) is 13.0. The average Bonchev–Trinajstić information content (AvgIpc) is 2.66. The van der Waals surface area contributed by atoms with Crippen molar-refractivity contribution in [2.24, 2.45) is 5.41 Å². The van der Waals surface area contributed by atoms with E-state index in [1.54, 1.807) is 6.20 Å². The van der Waals surface area contributed by atoms with E-state index in [9.17, 15) is 4.79 Å². The molecule has 0 aliphatic heterocycles. The maximum atomic E-state index is 11.8. The summed E-state index contributed by atoms with van der Waals surface area (Å²) < 4.78 is 1.51. The number of aromatic amines is 1. The molecule has 6 heteroatoms. The molecule has 2 aromatic heterocycles. The highest BCUT2D eigenvalue weighted by Gasteiger charge is 2.20. The van der Waals surface area contributed by atoms with Crippen molar-refractivity contribution in [2.75, 3.05) is 11.9 Å². The number of nitrogens with zero attached hydrogens (tertiary/aromatic N) is 3. The van der Waals surface area contributed by atoms with Gasteiger partial charge in [-0.1, -0.05) is 41.5 Å². The summed E-state index contributed by atoms with van der Waals surface area (Å²) in [6, 6.07) is 0. The van der Waals surface area contributed by atoms with Crippen LogP contribution < -0.4 is 11.0 Å². The van der Waals surface area contributed by atoms with Crippen molar-refractivity contribution in [1.29, 1.82) is 0 Å². The lowest BCUT2D eigenvalue weighted by Gasteiger charge is -2.22. The molecule has 0 amide bonds. The molecule has 0 aliphatic carbocycles. The van der Waals surface area contributed by atoms with E-state index in [1.807, 2.05) is 0 Å². The number of fused-ring (bicyclic) bond motifs is 1. The maximum Gasteiger partial charge on any atom is 0.347 e. The van der Waals surface area contributed by atoms with Crippen LogP contribution in [0.15, 0.2) is 11.0 Å². The SMILES string of the molecule is CC(C)(C)CNc1nc(C(C)(C)C)cn2c(=O)[nH]nc12. The van der Waals surface area contributed by atoms with E-state index in [0.717, 1.165) is 12.2 Å². The van der Waals surface area contributed by atoms with Crippen LogP contribution in [0.3, 0.4) is 0 Å². The van der Waals surface area contributed by atoms with Crippen molar-refractivity contribution < 1.29 is 0 Å². The predicted molar refractivity (Wildman–Crippen MR) is 80.3 cm³/mol. The molecule has 2 rings (SSSR count). The van der Waals surface area contributed by atoms with Crippen molar-refractivity contribution in [3.8, 4) is 0 Å². The highest BCUT2D eigenvalue weighted by Crippen LogP contribution is 2.23. The van der Waals surface area contributed by atoms with Gasteiger partial charge in [0.25, 0.3) is 0 Å². The highest BCUT2D eigenvalue weighted by molar-refractivity contribution is 5.62. The van der Waals surface area contributed by atoms with Gasteiger partial charge in [-0.25, -0.2) is 19.3 Å². The molecule has 0 aromatic carbocycles. The minimum absolute atomic E-state index is 0.118. The number of H-pyrrole nitrogens is 1. The van der Waals surface area contributed by atoms with Crippen LogP contribution in [0.1, 0.15) is 47.2 Å². The number of aromatic nitrogens is 4. The average molecular weight is 277 g/mol. The van der Waals surface area contributed by atoms with E-state index in [4.69, 9.17) is 0 Å². The minimum Gasteiger partial charge on any atom is -0.366 e. The van der Waals surface area contributed by atoms with Crippen molar-refractivity contribution >= 4 is 11.5 Å². The summed E-state index contributed by atoms with van der Waals surface area (Å²) in [5, 5.41) is 9.81. The summed E-state index contributed by atoms with van der Waals surface area (Å²) in [7, 11) is 0. The minimum atomic E-state index is -0.244. The molecule has 0 radical (unpaired) electrons. The van der Waals surface area contributed by atoms with Gasteiger partial charge < -0.3 is 5.32 Å². The van der Waals surface area contributed by atoms with Crippen molar-refractivity contribution in [3.05, 3.63) is 22.4 Å². The zero-order valence-corrected chi connectivity index (χ0v) is 13.0. The van der Waals surface area contributed by atoms with Crippen molar-refractivity contribution in [3.63, 3.8) is 0 Å². The molecule has 0 saturated carbocycles. The molecule has 0 fully saturated rings. The molecule has 110 valence electrons. The quantitative estimate of drug-likeness (QED) is 0.882. The molecular weight excluding hydrogens is 254 g/mol. The molecule has 6 nitrogen and oxygen atoms in total. The van der Waals surface area contributed by atoms with E-state index in [-0.39, 0.29) is 16.5 Å². The molecule has 2 heterocycles. The van der Waals surface area contributed by atoms with Gasteiger partial charge in [-0.3, -0.25) is 0 Å². The second kappa shape index (κ2) is 4.61. The molecule has 0 bridgehead atoms. The van der Waals surface area contributed by atoms with Crippen LogP contribution >= 0.6 is 0 Å². The Balaban J connectivity index is 2.54. The molecule has 2 N–H and O–H groups in total. The Hall–Kier alpha value is -1.85. The first kappa shape index (κ1) is 14.6. The first-order chi connectivity index (χ1) is 9.08. The van der Waals surface area contributed by atoms with Crippen LogP contribution in [0.25, 0.3) is 5.65 Å². The number of hydrogen-bond donors (Lipinski definition) is 2. The Morgan fingerprint density at radius 2 is 1.90 bits per heavy atom. The molecule has 2 aromatic rings. The van der Waals surface area contributed by atoms with Gasteiger partial charge in [0.05, 0.1) is 5.69 Å². The Morgan fingerprint density at radius 3 is 2.45 bits per heavy atom. The first-order valence-electron chi connectivity index (χ1n) is 6.80. The maximum absolute atomic E-state index is 11.8. The summed E-state index contributed by atoms with van der Waals surface area (Å²) in [6.45, 7) is 13.4. The van der Waals surface area contributed by atoms with Crippen LogP contribution in [0.2, 0.25) is 0 Å². The summed E-state index contributed by atoms with van der Waals surface area (Å²) >= 11 is 0. The second-order valence-corrected chi connectivity index (χ2v) is 7.36. The van der Waals surface area contributed by atoms with Gasteiger partial charge in [-0.05, 0) is 5.41 Å². The van der Waals surface area contributed by atoms with Gasteiger partial charge in [0.2, 0.25) is 5.65 Å².